The first kappa shape index (κ1) is 34.1. The van der Waals surface area contributed by atoms with Crippen molar-refractivity contribution in [1.29, 1.82) is 0 Å². The lowest BCUT2D eigenvalue weighted by Gasteiger charge is -2.42. The van der Waals surface area contributed by atoms with Crippen molar-refractivity contribution in [1.82, 2.24) is 10.5 Å². The van der Waals surface area contributed by atoms with E-state index in [0.29, 0.717) is 32.4 Å². The van der Waals surface area contributed by atoms with Crippen LogP contribution in [-0.2, 0) is 35.1 Å². The molecule has 1 aliphatic rings. The number of aromatic nitrogens is 1. The van der Waals surface area contributed by atoms with Crippen molar-refractivity contribution in [3.63, 3.8) is 0 Å². The quantitative estimate of drug-likeness (QED) is 0.0748. The van der Waals surface area contributed by atoms with Crippen LogP contribution in [0.3, 0.4) is 0 Å². The summed E-state index contributed by atoms with van der Waals surface area (Å²) < 4.78 is 27.7. The Hall–Kier alpha value is -2.11. The van der Waals surface area contributed by atoms with Crippen molar-refractivity contribution in [2.24, 2.45) is 0 Å². The monoisotopic (exact) mass is 575 g/mol. The van der Waals surface area contributed by atoms with Gasteiger partial charge in [-0.3, -0.25) is 9.82 Å². The Morgan fingerprint density at radius 3 is 2.52 bits per heavy atom. The second-order valence-corrected chi connectivity index (χ2v) is 10.2. The minimum Gasteiger partial charge on any atom is -0.508 e. The van der Waals surface area contributed by atoms with Gasteiger partial charge in [-0.15, -0.1) is 0 Å². The fraction of sp³-hybridized carbons (Fsp3) is 0.692. The van der Waals surface area contributed by atoms with Gasteiger partial charge in [0.15, 0.2) is 24.8 Å². The number of pyridine rings is 1. The van der Waals surface area contributed by atoms with Crippen LogP contribution in [0.5, 0.6) is 0 Å². The molecular formula is C26H43N2O12. The molecule has 0 bridgehead atoms. The predicted molar refractivity (Wildman–Crippen MR) is 139 cm³/mol. The van der Waals surface area contributed by atoms with Crippen molar-refractivity contribution in [2.75, 3.05) is 26.4 Å². The smallest absolute Gasteiger partial charge is 0.316 e. The van der Waals surface area contributed by atoms with Gasteiger partial charge < -0.3 is 54.3 Å². The zero-order chi connectivity index (χ0) is 29.7. The van der Waals surface area contributed by atoms with Crippen molar-refractivity contribution < 1.29 is 59.2 Å². The number of hydrogen-bond acceptors (Lipinski definition) is 14. The Balaban J connectivity index is 1.84. The molecule has 0 spiro atoms. The van der Waals surface area contributed by atoms with Crippen LogP contribution in [0.4, 0.5) is 0 Å². The third-order valence-electron chi connectivity index (χ3n) is 5.61. The van der Waals surface area contributed by atoms with Crippen LogP contribution in [0, 0.1) is 13.5 Å². The molecule has 0 aromatic carbocycles. The summed E-state index contributed by atoms with van der Waals surface area (Å²) in [5, 5.41) is 60.0. The molecule has 2 rings (SSSR count). The van der Waals surface area contributed by atoms with Crippen LogP contribution in [-0.4, -0.2) is 111 Å². The van der Waals surface area contributed by atoms with Gasteiger partial charge in [-0.25, -0.2) is 5.48 Å². The van der Waals surface area contributed by atoms with E-state index in [9.17, 15) is 30.6 Å². The molecule has 0 aliphatic carbocycles. The Morgan fingerprint density at radius 2 is 1.93 bits per heavy atom. The zero-order valence-electron chi connectivity index (χ0n) is 23.3. The topological polar surface area (TPSA) is 202 Å². The second-order valence-electron chi connectivity index (χ2n) is 10.2. The minimum absolute atomic E-state index is 0.135. The summed E-state index contributed by atoms with van der Waals surface area (Å²) in [5.74, 6) is -0.575. The standard InChI is InChI=1S/C26H43N2O12/c1-16-8-17(10-27-9-16)15-36-28-6-5-7-35-25-23(34)22(33)24(20(13-31)38-25)39-21(14-32)37-18(11-29)19(12-30)40-26(2,3)4/h8-10,12,14,18-20,22-25,28-34H,5-7,11,13,15H2,1-4H3/b21-14-/t18?,19-,20?,22-,23?,24+,25-/m0/s1. The number of nitrogens with zero attached hydrogens (tertiary/aromatic N) is 1. The number of aliphatic hydroxyl groups excluding tert-OH is 6. The van der Waals surface area contributed by atoms with Gasteiger partial charge >= 0.3 is 5.95 Å². The highest BCUT2D eigenvalue weighted by Gasteiger charge is 2.47. The number of nitrogens with one attached hydrogen (secondary N) is 1. The zero-order valence-corrected chi connectivity index (χ0v) is 23.3. The fourth-order valence-electron chi connectivity index (χ4n) is 3.77. The molecule has 7 N–H and O–H groups in total. The van der Waals surface area contributed by atoms with Crippen LogP contribution >= 0.6 is 0 Å². The number of rotatable bonds is 17. The lowest BCUT2D eigenvalue weighted by molar-refractivity contribution is -0.309. The second kappa shape index (κ2) is 17.0. The third kappa shape index (κ3) is 11.0. The van der Waals surface area contributed by atoms with Crippen LogP contribution < -0.4 is 5.48 Å². The van der Waals surface area contributed by atoms with Gasteiger partial charge in [0.05, 0.1) is 32.0 Å². The Kier molecular flexibility index (Phi) is 14.5. The highest BCUT2D eigenvalue weighted by molar-refractivity contribution is 5.15. The van der Waals surface area contributed by atoms with Gasteiger partial charge in [0.2, 0.25) is 0 Å². The molecule has 1 aliphatic heterocycles. The van der Waals surface area contributed by atoms with Crippen molar-refractivity contribution in [3.8, 4) is 0 Å². The number of ether oxygens (including phenoxy) is 5. The molecule has 1 aromatic rings. The molecule has 1 aromatic heterocycles. The van der Waals surface area contributed by atoms with E-state index in [1.807, 2.05) is 13.0 Å². The number of hydrogen-bond donors (Lipinski definition) is 7. The lowest BCUT2D eigenvalue weighted by Crippen LogP contribution is -2.60. The maximum Gasteiger partial charge on any atom is 0.316 e. The summed E-state index contributed by atoms with van der Waals surface area (Å²) >= 11 is 0. The molecule has 0 amide bonds. The SMILES string of the molecule is Cc1cncc(CONCCCO[C@H]2OC(CO)[C@@H](O/C(=C\O)OC(CO)[C@H]([CH]O)OC(C)(C)C)[C@@H](O)C2O)c1. The van der Waals surface area contributed by atoms with E-state index in [-0.39, 0.29) is 6.61 Å². The van der Waals surface area contributed by atoms with E-state index >= 15 is 0 Å². The first-order valence-corrected chi connectivity index (χ1v) is 13.0. The normalized spacial score (nSPS) is 25.4. The van der Waals surface area contributed by atoms with E-state index in [1.54, 1.807) is 33.2 Å². The number of hydroxylamine groups is 1. The molecule has 2 heterocycles. The largest absolute Gasteiger partial charge is 0.508 e. The number of aliphatic hydroxyl groups is 6. The summed E-state index contributed by atoms with van der Waals surface area (Å²) in [6, 6.07) is 1.96. The van der Waals surface area contributed by atoms with Crippen LogP contribution in [0.2, 0.25) is 0 Å². The molecule has 14 heteroatoms. The van der Waals surface area contributed by atoms with E-state index in [0.717, 1.165) is 11.1 Å². The molecule has 1 saturated heterocycles. The van der Waals surface area contributed by atoms with Crippen LogP contribution in [0.25, 0.3) is 0 Å². The predicted octanol–water partition coefficient (Wildman–Crippen LogP) is 0.0945. The third-order valence-corrected chi connectivity index (χ3v) is 5.61. The maximum absolute atomic E-state index is 10.7. The van der Waals surface area contributed by atoms with Crippen LogP contribution in [0.15, 0.2) is 30.7 Å². The van der Waals surface area contributed by atoms with Crippen LogP contribution in [0.1, 0.15) is 38.3 Å². The van der Waals surface area contributed by atoms with Gasteiger partial charge in [0.1, 0.15) is 31.0 Å². The Bertz CT molecular complexity index is 881. The molecule has 3 unspecified atom stereocenters. The first-order valence-electron chi connectivity index (χ1n) is 13.0. The first-order chi connectivity index (χ1) is 19.0. The van der Waals surface area contributed by atoms with Gasteiger partial charge in [-0.05, 0) is 45.2 Å². The highest BCUT2D eigenvalue weighted by Crippen LogP contribution is 2.27. The minimum atomic E-state index is -1.61. The average Bonchev–Trinajstić information content (AvgIpc) is 2.92. The molecular weight excluding hydrogens is 532 g/mol. The molecule has 14 nitrogen and oxygen atoms in total. The lowest BCUT2D eigenvalue weighted by atomic mass is 9.99. The van der Waals surface area contributed by atoms with E-state index < -0.39 is 67.7 Å². The Morgan fingerprint density at radius 1 is 1.18 bits per heavy atom. The molecule has 0 saturated carbocycles. The van der Waals surface area contributed by atoms with Crippen molar-refractivity contribution in [2.45, 2.75) is 89.2 Å². The summed E-state index contributed by atoms with van der Waals surface area (Å²) in [6.07, 6.45) is -4.96. The van der Waals surface area contributed by atoms with E-state index in [4.69, 9.17) is 28.5 Å². The summed E-state index contributed by atoms with van der Waals surface area (Å²) in [4.78, 5) is 9.48. The summed E-state index contributed by atoms with van der Waals surface area (Å²) in [7, 11) is 0. The highest BCUT2D eigenvalue weighted by atomic mass is 16.7. The number of aryl methyl sites for hydroxylation is 1. The van der Waals surface area contributed by atoms with Crippen molar-refractivity contribution >= 4 is 0 Å². The fourth-order valence-corrected chi connectivity index (χ4v) is 3.77. The molecule has 229 valence electrons. The molecule has 7 atom stereocenters. The maximum atomic E-state index is 10.7. The molecule has 1 fully saturated rings. The van der Waals surface area contributed by atoms with Crippen molar-refractivity contribution in [3.05, 3.63) is 48.4 Å². The Labute approximate surface area is 234 Å². The summed E-state index contributed by atoms with van der Waals surface area (Å²) in [6.45, 7) is 7.46. The molecule has 1 radical (unpaired) electrons. The average molecular weight is 576 g/mol. The van der Waals surface area contributed by atoms with Gasteiger partial charge in [0, 0.05) is 18.9 Å². The van der Waals surface area contributed by atoms with Gasteiger partial charge in [0.25, 0.3) is 0 Å². The van der Waals surface area contributed by atoms with E-state index in [1.165, 1.54) is 0 Å². The van der Waals surface area contributed by atoms with E-state index in [2.05, 4.69) is 10.5 Å². The van der Waals surface area contributed by atoms with Gasteiger partial charge in [-0.1, -0.05) is 6.07 Å². The summed E-state index contributed by atoms with van der Waals surface area (Å²) in [5.41, 5.74) is 4.05. The molecule has 40 heavy (non-hydrogen) atoms. The van der Waals surface area contributed by atoms with Gasteiger partial charge in [-0.2, -0.15) is 0 Å².